The first-order valence-electron chi connectivity index (χ1n) is 6.27. The maximum absolute atomic E-state index is 9.88. The summed E-state index contributed by atoms with van der Waals surface area (Å²) in [5.41, 5.74) is 0. The molecule has 0 radical (unpaired) electrons. The zero-order valence-corrected chi connectivity index (χ0v) is 10.4. The number of ether oxygens (including phenoxy) is 1. The van der Waals surface area contributed by atoms with Gasteiger partial charge in [-0.3, -0.25) is 4.90 Å². The third kappa shape index (κ3) is 4.18. The van der Waals surface area contributed by atoms with Gasteiger partial charge in [-0.25, -0.2) is 0 Å². The monoisotopic (exact) mass is 252 g/mol. The van der Waals surface area contributed by atoms with Crippen molar-refractivity contribution in [2.75, 3.05) is 39.3 Å². The van der Waals surface area contributed by atoms with Gasteiger partial charge in [0, 0.05) is 38.8 Å². The second-order valence-corrected chi connectivity index (χ2v) is 4.51. The predicted octanol–water partition coefficient (Wildman–Crippen LogP) is 0.0371. The van der Waals surface area contributed by atoms with Crippen LogP contribution < -0.4 is 10.1 Å². The molecule has 5 nitrogen and oxygen atoms in total. The van der Waals surface area contributed by atoms with Crippen molar-refractivity contribution in [1.29, 1.82) is 0 Å². The van der Waals surface area contributed by atoms with Crippen molar-refractivity contribution in [3.05, 3.63) is 24.3 Å². The first-order valence-corrected chi connectivity index (χ1v) is 6.27. The quantitative estimate of drug-likeness (QED) is 0.690. The minimum absolute atomic E-state index is 0.170. The van der Waals surface area contributed by atoms with Gasteiger partial charge < -0.3 is 20.3 Å². The molecule has 0 bridgehead atoms. The fourth-order valence-electron chi connectivity index (χ4n) is 2.01. The zero-order chi connectivity index (χ0) is 12.8. The molecule has 100 valence electrons. The summed E-state index contributed by atoms with van der Waals surface area (Å²) < 4.78 is 5.44. The Morgan fingerprint density at radius 2 is 2.11 bits per heavy atom. The van der Waals surface area contributed by atoms with Crippen molar-refractivity contribution in [2.45, 2.75) is 6.10 Å². The zero-order valence-electron chi connectivity index (χ0n) is 10.4. The van der Waals surface area contributed by atoms with E-state index >= 15 is 0 Å². The molecule has 1 aromatic rings. The molecule has 0 aliphatic carbocycles. The lowest BCUT2D eigenvalue weighted by Gasteiger charge is -2.28. The Morgan fingerprint density at radius 1 is 1.33 bits per heavy atom. The van der Waals surface area contributed by atoms with Crippen LogP contribution in [-0.4, -0.2) is 60.5 Å². The molecule has 1 atom stereocenters. The molecule has 0 spiro atoms. The van der Waals surface area contributed by atoms with E-state index in [4.69, 9.17) is 4.74 Å². The number of β-amino-alcohol motifs (C(OH)–C–C–N with tert-alkyl or cyclic N) is 1. The Labute approximate surface area is 107 Å². The molecule has 1 aliphatic heterocycles. The SMILES string of the molecule is Oc1cccc(OCC(O)CN2CCNCC2)c1. The summed E-state index contributed by atoms with van der Waals surface area (Å²) in [6.45, 7) is 4.74. The Hall–Kier alpha value is -1.30. The molecule has 1 heterocycles. The molecular formula is C13H20N2O3. The van der Waals surface area contributed by atoms with E-state index in [0.717, 1.165) is 26.2 Å². The van der Waals surface area contributed by atoms with Crippen LogP contribution in [0.5, 0.6) is 11.5 Å². The van der Waals surface area contributed by atoms with E-state index in [9.17, 15) is 10.2 Å². The number of piperazine rings is 1. The normalized spacial score (nSPS) is 18.5. The summed E-state index contributed by atoms with van der Waals surface area (Å²) in [5.74, 6) is 0.749. The van der Waals surface area contributed by atoms with Crippen molar-refractivity contribution in [1.82, 2.24) is 10.2 Å². The van der Waals surface area contributed by atoms with Gasteiger partial charge in [0.05, 0.1) is 0 Å². The summed E-state index contributed by atoms with van der Waals surface area (Å²) in [7, 11) is 0. The molecule has 1 aliphatic rings. The third-order valence-electron chi connectivity index (χ3n) is 2.94. The van der Waals surface area contributed by atoms with Crippen molar-refractivity contribution < 1.29 is 14.9 Å². The van der Waals surface area contributed by atoms with Crippen LogP contribution >= 0.6 is 0 Å². The number of nitrogens with one attached hydrogen (secondary N) is 1. The van der Waals surface area contributed by atoms with Gasteiger partial charge in [0.1, 0.15) is 24.2 Å². The van der Waals surface area contributed by atoms with Crippen LogP contribution in [0.2, 0.25) is 0 Å². The van der Waals surface area contributed by atoms with Crippen LogP contribution in [0.4, 0.5) is 0 Å². The van der Waals surface area contributed by atoms with Crippen molar-refractivity contribution in [2.24, 2.45) is 0 Å². The molecule has 1 fully saturated rings. The highest BCUT2D eigenvalue weighted by Gasteiger charge is 2.14. The van der Waals surface area contributed by atoms with E-state index in [0.29, 0.717) is 12.3 Å². The van der Waals surface area contributed by atoms with Gasteiger partial charge in [-0.15, -0.1) is 0 Å². The number of rotatable bonds is 5. The molecule has 18 heavy (non-hydrogen) atoms. The highest BCUT2D eigenvalue weighted by atomic mass is 16.5. The molecule has 1 saturated heterocycles. The third-order valence-corrected chi connectivity index (χ3v) is 2.94. The predicted molar refractivity (Wildman–Crippen MR) is 68.9 cm³/mol. The first kappa shape index (κ1) is 13.1. The average molecular weight is 252 g/mol. The Morgan fingerprint density at radius 3 is 2.83 bits per heavy atom. The lowest BCUT2D eigenvalue weighted by atomic mass is 10.3. The average Bonchev–Trinajstić information content (AvgIpc) is 2.38. The van der Waals surface area contributed by atoms with E-state index in [1.807, 2.05) is 0 Å². The molecule has 3 N–H and O–H groups in total. The van der Waals surface area contributed by atoms with E-state index < -0.39 is 6.10 Å². The Bertz CT molecular complexity index is 367. The molecule has 0 saturated carbocycles. The molecule has 0 amide bonds. The largest absolute Gasteiger partial charge is 0.508 e. The van der Waals surface area contributed by atoms with Crippen LogP contribution in [0.25, 0.3) is 0 Å². The smallest absolute Gasteiger partial charge is 0.123 e. The molecule has 5 heteroatoms. The standard InChI is InChI=1S/C13H20N2O3/c16-11-2-1-3-13(8-11)18-10-12(17)9-15-6-4-14-5-7-15/h1-3,8,12,14,16-17H,4-7,9-10H2. The number of nitrogens with zero attached hydrogens (tertiary/aromatic N) is 1. The summed E-state index contributed by atoms with van der Waals surface area (Å²) in [6.07, 6.45) is -0.509. The summed E-state index contributed by atoms with van der Waals surface area (Å²) in [4.78, 5) is 2.22. The molecule has 2 rings (SSSR count). The topological polar surface area (TPSA) is 65.0 Å². The highest BCUT2D eigenvalue weighted by molar-refractivity contribution is 5.31. The highest BCUT2D eigenvalue weighted by Crippen LogP contribution is 2.17. The van der Waals surface area contributed by atoms with Gasteiger partial charge in [-0.2, -0.15) is 0 Å². The lowest BCUT2D eigenvalue weighted by molar-refractivity contribution is 0.0640. The van der Waals surface area contributed by atoms with Gasteiger partial charge >= 0.3 is 0 Å². The number of benzene rings is 1. The minimum Gasteiger partial charge on any atom is -0.508 e. The van der Waals surface area contributed by atoms with E-state index in [1.165, 1.54) is 6.07 Å². The molecular weight excluding hydrogens is 232 g/mol. The van der Waals surface area contributed by atoms with Gasteiger partial charge in [-0.1, -0.05) is 6.07 Å². The maximum atomic E-state index is 9.88. The van der Waals surface area contributed by atoms with Gasteiger partial charge in [-0.05, 0) is 12.1 Å². The summed E-state index contributed by atoms with van der Waals surface area (Å²) in [5, 5.41) is 22.4. The van der Waals surface area contributed by atoms with E-state index in [-0.39, 0.29) is 12.4 Å². The van der Waals surface area contributed by atoms with Crippen LogP contribution in [-0.2, 0) is 0 Å². The van der Waals surface area contributed by atoms with Gasteiger partial charge in [0.25, 0.3) is 0 Å². The lowest BCUT2D eigenvalue weighted by Crippen LogP contribution is -2.47. The van der Waals surface area contributed by atoms with E-state index in [2.05, 4.69) is 10.2 Å². The van der Waals surface area contributed by atoms with Crippen molar-refractivity contribution >= 4 is 0 Å². The Kier molecular flexibility index (Phi) is 4.81. The number of phenols is 1. The van der Waals surface area contributed by atoms with Gasteiger partial charge in [0.15, 0.2) is 0 Å². The second kappa shape index (κ2) is 6.58. The molecule has 0 aromatic heterocycles. The minimum atomic E-state index is -0.509. The van der Waals surface area contributed by atoms with E-state index in [1.54, 1.807) is 18.2 Å². The van der Waals surface area contributed by atoms with Crippen LogP contribution in [0.15, 0.2) is 24.3 Å². The Balaban J connectivity index is 1.72. The number of hydrogen-bond acceptors (Lipinski definition) is 5. The van der Waals surface area contributed by atoms with Crippen molar-refractivity contribution in [3.8, 4) is 11.5 Å². The summed E-state index contributed by atoms with van der Waals surface area (Å²) in [6, 6.07) is 6.60. The van der Waals surface area contributed by atoms with Crippen LogP contribution in [0, 0.1) is 0 Å². The van der Waals surface area contributed by atoms with Gasteiger partial charge in [0.2, 0.25) is 0 Å². The number of hydrogen-bond donors (Lipinski definition) is 3. The number of aromatic hydroxyl groups is 1. The maximum Gasteiger partial charge on any atom is 0.123 e. The second-order valence-electron chi connectivity index (χ2n) is 4.51. The van der Waals surface area contributed by atoms with Crippen LogP contribution in [0.1, 0.15) is 0 Å². The summed E-state index contributed by atoms with van der Waals surface area (Å²) >= 11 is 0. The number of aliphatic hydroxyl groups excluding tert-OH is 1. The first-order chi connectivity index (χ1) is 8.74. The molecule has 1 unspecified atom stereocenters. The number of aliphatic hydroxyl groups is 1. The van der Waals surface area contributed by atoms with Crippen LogP contribution in [0.3, 0.4) is 0 Å². The molecule has 1 aromatic carbocycles. The fourth-order valence-corrected chi connectivity index (χ4v) is 2.01. The fraction of sp³-hybridized carbons (Fsp3) is 0.538. The number of phenolic OH excluding ortho intramolecular Hbond substituents is 1. The van der Waals surface area contributed by atoms with Crippen molar-refractivity contribution in [3.63, 3.8) is 0 Å².